The molecule has 4 aliphatic rings. The average Bonchev–Trinajstić information content (AvgIpc) is 2.25. The van der Waals surface area contributed by atoms with Crippen molar-refractivity contribution in [3.63, 3.8) is 0 Å². The van der Waals surface area contributed by atoms with Crippen molar-refractivity contribution in [1.29, 1.82) is 5.26 Å². The van der Waals surface area contributed by atoms with Crippen LogP contribution < -0.4 is 5.73 Å². The SMILES string of the molecule is CC(C)CC(N)(CC#N)C1C2CC3CC(C2)CC1C3. The van der Waals surface area contributed by atoms with Crippen LogP contribution in [0.5, 0.6) is 0 Å². The Morgan fingerprint density at radius 2 is 1.63 bits per heavy atom. The van der Waals surface area contributed by atoms with Crippen LogP contribution in [0.25, 0.3) is 0 Å². The number of hydrogen-bond donors (Lipinski definition) is 1. The molecule has 2 nitrogen and oxygen atoms in total. The molecule has 0 spiro atoms. The van der Waals surface area contributed by atoms with Gasteiger partial charge in [0, 0.05) is 5.54 Å². The Morgan fingerprint density at radius 3 is 2.05 bits per heavy atom. The van der Waals surface area contributed by atoms with Crippen molar-refractivity contribution in [2.75, 3.05) is 0 Å². The minimum Gasteiger partial charge on any atom is -0.324 e. The Balaban J connectivity index is 1.84. The van der Waals surface area contributed by atoms with Crippen LogP contribution in [0.1, 0.15) is 58.8 Å². The van der Waals surface area contributed by atoms with E-state index in [1.165, 1.54) is 32.1 Å². The van der Waals surface area contributed by atoms with Gasteiger partial charge in [-0.2, -0.15) is 5.26 Å². The second-order valence-corrected chi connectivity index (χ2v) is 8.12. The van der Waals surface area contributed by atoms with Gasteiger partial charge in [0.05, 0.1) is 12.5 Å². The van der Waals surface area contributed by atoms with E-state index in [1.54, 1.807) is 0 Å². The van der Waals surface area contributed by atoms with Crippen molar-refractivity contribution >= 4 is 0 Å². The average molecular weight is 260 g/mol. The largest absolute Gasteiger partial charge is 0.324 e. The highest BCUT2D eigenvalue weighted by atomic mass is 14.8. The molecule has 1 unspecified atom stereocenters. The van der Waals surface area contributed by atoms with Crippen LogP contribution in [0.2, 0.25) is 0 Å². The Bertz CT molecular complexity index is 353. The molecule has 0 saturated heterocycles. The molecule has 0 radical (unpaired) electrons. The van der Waals surface area contributed by atoms with Crippen molar-refractivity contribution < 1.29 is 0 Å². The van der Waals surface area contributed by atoms with Crippen molar-refractivity contribution in [3.8, 4) is 6.07 Å². The number of nitrogens with two attached hydrogens (primary N) is 1. The van der Waals surface area contributed by atoms with Gasteiger partial charge >= 0.3 is 0 Å². The van der Waals surface area contributed by atoms with Gasteiger partial charge in [0.2, 0.25) is 0 Å². The van der Waals surface area contributed by atoms with Crippen molar-refractivity contribution in [2.24, 2.45) is 41.2 Å². The highest BCUT2D eigenvalue weighted by Gasteiger charge is 2.54. The fraction of sp³-hybridized carbons (Fsp3) is 0.941. The van der Waals surface area contributed by atoms with Crippen LogP contribution in [0.15, 0.2) is 0 Å². The molecule has 0 amide bonds. The molecule has 2 N–H and O–H groups in total. The summed E-state index contributed by atoms with van der Waals surface area (Å²) in [5.74, 6) is 4.85. The third-order valence-corrected chi connectivity index (χ3v) is 6.09. The first-order valence-electron chi connectivity index (χ1n) is 8.17. The second-order valence-electron chi connectivity index (χ2n) is 8.12. The maximum Gasteiger partial charge on any atom is 0.0641 e. The zero-order chi connectivity index (χ0) is 13.6. The van der Waals surface area contributed by atoms with E-state index in [2.05, 4.69) is 19.9 Å². The number of hydrogen-bond acceptors (Lipinski definition) is 2. The molecule has 0 heterocycles. The van der Waals surface area contributed by atoms with E-state index in [-0.39, 0.29) is 5.54 Å². The third kappa shape index (κ3) is 2.31. The van der Waals surface area contributed by atoms with Gasteiger partial charge in [-0.3, -0.25) is 0 Å². The Morgan fingerprint density at radius 1 is 1.11 bits per heavy atom. The van der Waals surface area contributed by atoms with Crippen LogP contribution >= 0.6 is 0 Å². The van der Waals surface area contributed by atoms with Crippen LogP contribution in [0.4, 0.5) is 0 Å². The molecule has 4 rings (SSSR count). The molecule has 0 aliphatic heterocycles. The van der Waals surface area contributed by atoms with Crippen molar-refractivity contribution in [1.82, 2.24) is 0 Å². The van der Waals surface area contributed by atoms with Crippen LogP contribution in [0.3, 0.4) is 0 Å². The van der Waals surface area contributed by atoms with Gasteiger partial charge < -0.3 is 5.73 Å². The first-order chi connectivity index (χ1) is 9.01. The summed E-state index contributed by atoms with van der Waals surface area (Å²) in [5.41, 5.74) is 6.60. The molecule has 2 heteroatoms. The maximum atomic E-state index is 9.24. The van der Waals surface area contributed by atoms with Gasteiger partial charge in [0.1, 0.15) is 0 Å². The molecule has 4 fully saturated rings. The molecular formula is C17H28N2. The van der Waals surface area contributed by atoms with E-state index in [0.29, 0.717) is 18.3 Å². The maximum absolute atomic E-state index is 9.24. The molecule has 0 aromatic rings. The molecular weight excluding hydrogens is 232 g/mol. The summed E-state index contributed by atoms with van der Waals surface area (Å²) in [6.45, 7) is 4.49. The minimum absolute atomic E-state index is 0.217. The van der Waals surface area contributed by atoms with Gasteiger partial charge in [-0.1, -0.05) is 13.8 Å². The van der Waals surface area contributed by atoms with E-state index in [9.17, 15) is 5.26 Å². The molecule has 4 bridgehead atoms. The highest BCUT2D eigenvalue weighted by molar-refractivity contribution is 5.09. The Labute approximate surface area is 117 Å². The molecule has 19 heavy (non-hydrogen) atoms. The normalized spacial score (nSPS) is 43.2. The predicted octanol–water partition coefficient (Wildman–Crippen LogP) is 3.72. The number of nitrogens with zero attached hydrogens (tertiary/aromatic N) is 1. The Kier molecular flexibility index (Phi) is 3.38. The summed E-state index contributed by atoms with van der Waals surface area (Å²) in [4.78, 5) is 0. The lowest BCUT2D eigenvalue weighted by Gasteiger charge is -2.59. The van der Waals surface area contributed by atoms with E-state index < -0.39 is 0 Å². The fourth-order valence-electron chi connectivity index (χ4n) is 6.10. The summed E-state index contributed by atoms with van der Waals surface area (Å²) in [6, 6.07) is 2.40. The summed E-state index contributed by atoms with van der Waals surface area (Å²) >= 11 is 0. The lowest BCUT2D eigenvalue weighted by atomic mass is 9.47. The monoisotopic (exact) mass is 260 g/mol. The highest BCUT2D eigenvalue weighted by Crippen LogP contribution is 2.59. The number of nitriles is 1. The third-order valence-electron chi connectivity index (χ3n) is 6.09. The molecule has 106 valence electrons. The topological polar surface area (TPSA) is 49.8 Å². The minimum atomic E-state index is -0.217. The molecule has 4 aliphatic carbocycles. The number of rotatable bonds is 4. The van der Waals surface area contributed by atoms with Gasteiger partial charge in [0.25, 0.3) is 0 Å². The fourth-order valence-corrected chi connectivity index (χ4v) is 6.10. The van der Waals surface area contributed by atoms with E-state index in [4.69, 9.17) is 5.73 Å². The molecule has 0 aromatic heterocycles. The van der Waals surface area contributed by atoms with Gasteiger partial charge in [-0.15, -0.1) is 0 Å². The zero-order valence-corrected chi connectivity index (χ0v) is 12.4. The summed E-state index contributed by atoms with van der Waals surface area (Å²) in [5, 5.41) is 9.24. The summed E-state index contributed by atoms with van der Waals surface area (Å²) in [7, 11) is 0. The van der Waals surface area contributed by atoms with Crippen LogP contribution in [-0.2, 0) is 0 Å². The zero-order valence-electron chi connectivity index (χ0n) is 12.4. The first kappa shape index (κ1) is 13.4. The van der Waals surface area contributed by atoms with E-state index in [0.717, 1.165) is 30.1 Å². The van der Waals surface area contributed by atoms with E-state index >= 15 is 0 Å². The summed E-state index contributed by atoms with van der Waals surface area (Å²) < 4.78 is 0. The molecule has 1 atom stereocenters. The Hall–Kier alpha value is -0.550. The van der Waals surface area contributed by atoms with Crippen molar-refractivity contribution in [2.45, 2.75) is 64.3 Å². The van der Waals surface area contributed by atoms with Crippen LogP contribution in [0, 0.1) is 46.8 Å². The standard InChI is InChI=1S/C17H28N2/c1-11(2)10-17(19,3-4-18)16-14-6-12-5-13(8-14)9-15(16)7-12/h11-16H,3,5-10,19H2,1-2H3. The molecule has 4 saturated carbocycles. The van der Waals surface area contributed by atoms with Gasteiger partial charge in [0.15, 0.2) is 0 Å². The molecule has 0 aromatic carbocycles. The van der Waals surface area contributed by atoms with Gasteiger partial charge in [-0.25, -0.2) is 0 Å². The van der Waals surface area contributed by atoms with Gasteiger partial charge in [-0.05, 0) is 74.0 Å². The lowest BCUT2D eigenvalue weighted by molar-refractivity contribution is -0.0728. The smallest absolute Gasteiger partial charge is 0.0641 e. The quantitative estimate of drug-likeness (QED) is 0.837. The predicted molar refractivity (Wildman–Crippen MR) is 77.1 cm³/mol. The van der Waals surface area contributed by atoms with Crippen LogP contribution in [-0.4, -0.2) is 5.54 Å². The summed E-state index contributed by atoms with van der Waals surface area (Å²) in [6.07, 6.45) is 8.67. The van der Waals surface area contributed by atoms with Crippen molar-refractivity contribution in [3.05, 3.63) is 0 Å². The first-order valence-corrected chi connectivity index (χ1v) is 8.17. The lowest BCUT2D eigenvalue weighted by Crippen LogP contribution is -2.59. The second kappa shape index (κ2) is 4.77. The van der Waals surface area contributed by atoms with E-state index in [1.807, 2.05) is 0 Å².